The summed E-state index contributed by atoms with van der Waals surface area (Å²) >= 11 is 0. The Balaban J connectivity index is 2.25. The minimum absolute atomic E-state index is 0.0863. The van der Waals surface area contributed by atoms with Gasteiger partial charge in [0.05, 0.1) is 18.8 Å². The molecular formula is C15H31NO2. The molecule has 3 nitrogen and oxygen atoms in total. The summed E-state index contributed by atoms with van der Waals surface area (Å²) in [7, 11) is 0. The van der Waals surface area contributed by atoms with Gasteiger partial charge >= 0.3 is 0 Å². The first-order valence-corrected chi connectivity index (χ1v) is 7.75. The molecule has 1 N–H and O–H groups in total. The molecule has 108 valence electrons. The largest absolute Gasteiger partial charge is 0.379 e. The van der Waals surface area contributed by atoms with Crippen LogP contribution < -0.4 is 5.32 Å². The predicted octanol–water partition coefficient (Wildman–Crippen LogP) is 3.13. The van der Waals surface area contributed by atoms with Gasteiger partial charge in [0.1, 0.15) is 0 Å². The SMILES string of the molecule is CCCNCC1(OCCOCCC)CCCCC1. The Hall–Kier alpha value is -0.120. The zero-order chi connectivity index (χ0) is 13.1. The molecule has 1 saturated carbocycles. The third kappa shape index (κ3) is 6.17. The molecule has 0 spiro atoms. The van der Waals surface area contributed by atoms with E-state index in [1.54, 1.807) is 0 Å². The van der Waals surface area contributed by atoms with Gasteiger partial charge in [0.25, 0.3) is 0 Å². The van der Waals surface area contributed by atoms with E-state index < -0.39 is 0 Å². The molecule has 0 atom stereocenters. The first kappa shape index (κ1) is 15.9. The summed E-state index contributed by atoms with van der Waals surface area (Å²) < 4.78 is 11.7. The molecule has 0 heterocycles. The van der Waals surface area contributed by atoms with Gasteiger partial charge in [-0.05, 0) is 32.2 Å². The second-order valence-corrected chi connectivity index (χ2v) is 5.38. The van der Waals surface area contributed by atoms with Gasteiger partial charge < -0.3 is 14.8 Å². The van der Waals surface area contributed by atoms with E-state index in [1.807, 2.05) is 0 Å². The Morgan fingerprint density at radius 2 is 1.72 bits per heavy atom. The zero-order valence-corrected chi connectivity index (χ0v) is 12.3. The van der Waals surface area contributed by atoms with Crippen LogP contribution in [-0.2, 0) is 9.47 Å². The molecule has 1 rings (SSSR count). The molecule has 0 aromatic rings. The maximum absolute atomic E-state index is 6.18. The Morgan fingerprint density at radius 1 is 0.944 bits per heavy atom. The second kappa shape index (κ2) is 9.76. The molecule has 0 unspecified atom stereocenters. The standard InChI is InChI=1S/C15H31NO2/c1-3-10-16-14-15(8-6-5-7-9-15)18-13-12-17-11-4-2/h16H,3-14H2,1-2H3. The normalized spacial score (nSPS) is 19.0. The van der Waals surface area contributed by atoms with E-state index in [0.29, 0.717) is 0 Å². The Labute approximate surface area is 113 Å². The van der Waals surface area contributed by atoms with E-state index >= 15 is 0 Å². The van der Waals surface area contributed by atoms with E-state index in [9.17, 15) is 0 Å². The monoisotopic (exact) mass is 257 g/mol. The van der Waals surface area contributed by atoms with Crippen molar-refractivity contribution in [2.45, 2.75) is 64.4 Å². The number of nitrogens with one attached hydrogen (secondary N) is 1. The van der Waals surface area contributed by atoms with Crippen molar-refractivity contribution >= 4 is 0 Å². The maximum Gasteiger partial charge on any atom is 0.0807 e. The number of ether oxygens (including phenoxy) is 2. The van der Waals surface area contributed by atoms with Crippen molar-refractivity contribution in [1.29, 1.82) is 0 Å². The fourth-order valence-electron chi connectivity index (χ4n) is 2.62. The van der Waals surface area contributed by atoms with E-state index in [4.69, 9.17) is 9.47 Å². The Kier molecular flexibility index (Phi) is 8.64. The van der Waals surface area contributed by atoms with Gasteiger partial charge in [-0.25, -0.2) is 0 Å². The highest BCUT2D eigenvalue weighted by Gasteiger charge is 2.32. The Morgan fingerprint density at radius 3 is 2.39 bits per heavy atom. The van der Waals surface area contributed by atoms with Crippen LogP contribution in [0.25, 0.3) is 0 Å². The lowest BCUT2D eigenvalue weighted by atomic mass is 9.84. The van der Waals surface area contributed by atoms with Crippen molar-refractivity contribution < 1.29 is 9.47 Å². The molecule has 0 amide bonds. The predicted molar refractivity (Wildman–Crippen MR) is 76.0 cm³/mol. The summed E-state index contributed by atoms with van der Waals surface area (Å²) in [5.41, 5.74) is 0.0863. The quantitative estimate of drug-likeness (QED) is 0.610. The average molecular weight is 257 g/mol. The van der Waals surface area contributed by atoms with Gasteiger partial charge in [0.2, 0.25) is 0 Å². The van der Waals surface area contributed by atoms with Gasteiger partial charge in [-0.15, -0.1) is 0 Å². The van der Waals surface area contributed by atoms with E-state index in [-0.39, 0.29) is 5.60 Å². The van der Waals surface area contributed by atoms with E-state index in [2.05, 4.69) is 19.2 Å². The molecule has 0 saturated heterocycles. The fourth-order valence-corrected chi connectivity index (χ4v) is 2.62. The molecule has 3 heteroatoms. The minimum Gasteiger partial charge on any atom is -0.379 e. The van der Waals surface area contributed by atoms with Crippen LogP contribution in [0, 0.1) is 0 Å². The maximum atomic E-state index is 6.18. The summed E-state index contributed by atoms with van der Waals surface area (Å²) in [5, 5.41) is 3.53. The van der Waals surface area contributed by atoms with Crippen LogP contribution in [0.5, 0.6) is 0 Å². The number of hydrogen-bond acceptors (Lipinski definition) is 3. The van der Waals surface area contributed by atoms with Gasteiger partial charge in [0.15, 0.2) is 0 Å². The molecule has 1 aliphatic rings. The van der Waals surface area contributed by atoms with Crippen LogP contribution in [-0.4, -0.2) is 38.5 Å². The van der Waals surface area contributed by atoms with Crippen molar-refractivity contribution in [3.8, 4) is 0 Å². The smallest absolute Gasteiger partial charge is 0.0807 e. The topological polar surface area (TPSA) is 30.5 Å². The molecule has 18 heavy (non-hydrogen) atoms. The summed E-state index contributed by atoms with van der Waals surface area (Å²) in [6.07, 6.45) is 8.67. The molecule has 0 bridgehead atoms. The third-order valence-electron chi connectivity index (χ3n) is 3.62. The summed E-state index contributed by atoms with van der Waals surface area (Å²) in [5.74, 6) is 0. The fraction of sp³-hybridized carbons (Fsp3) is 1.00. The van der Waals surface area contributed by atoms with Crippen molar-refractivity contribution in [3.05, 3.63) is 0 Å². The van der Waals surface area contributed by atoms with Crippen LogP contribution in [0.3, 0.4) is 0 Å². The van der Waals surface area contributed by atoms with Crippen LogP contribution in [0.4, 0.5) is 0 Å². The summed E-state index contributed by atoms with van der Waals surface area (Å²) in [4.78, 5) is 0. The molecule has 0 radical (unpaired) electrons. The molecule has 0 aliphatic heterocycles. The van der Waals surface area contributed by atoms with Crippen LogP contribution in [0.2, 0.25) is 0 Å². The molecule has 0 aromatic heterocycles. The number of rotatable bonds is 10. The van der Waals surface area contributed by atoms with Gasteiger partial charge in [-0.3, -0.25) is 0 Å². The highest BCUT2D eigenvalue weighted by molar-refractivity contribution is 4.86. The molecule has 1 aliphatic carbocycles. The summed E-state index contributed by atoms with van der Waals surface area (Å²) in [6.45, 7) is 8.78. The first-order valence-electron chi connectivity index (χ1n) is 7.75. The second-order valence-electron chi connectivity index (χ2n) is 5.38. The summed E-state index contributed by atoms with van der Waals surface area (Å²) in [6, 6.07) is 0. The highest BCUT2D eigenvalue weighted by atomic mass is 16.5. The van der Waals surface area contributed by atoms with Crippen molar-refractivity contribution in [2.75, 3.05) is 32.9 Å². The lowest BCUT2D eigenvalue weighted by Crippen LogP contribution is -2.45. The molecular weight excluding hydrogens is 226 g/mol. The van der Waals surface area contributed by atoms with Gasteiger partial charge in [0, 0.05) is 13.2 Å². The number of hydrogen-bond donors (Lipinski definition) is 1. The molecule has 0 aromatic carbocycles. The highest BCUT2D eigenvalue weighted by Crippen LogP contribution is 2.31. The van der Waals surface area contributed by atoms with Crippen LogP contribution in [0.1, 0.15) is 58.8 Å². The Bertz CT molecular complexity index is 191. The van der Waals surface area contributed by atoms with Crippen LogP contribution >= 0.6 is 0 Å². The van der Waals surface area contributed by atoms with Crippen molar-refractivity contribution in [3.63, 3.8) is 0 Å². The van der Waals surface area contributed by atoms with Gasteiger partial charge in [-0.2, -0.15) is 0 Å². The van der Waals surface area contributed by atoms with Crippen LogP contribution in [0.15, 0.2) is 0 Å². The van der Waals surface area contributed by atoms with Crippen molar-refractivity contribution in [1.82, 2.24) is 5.32 Å². The van der Waals surface area contributed by atoms with Gasteiger partial charge in [-0.1, -0.05) is 33.1 Å². The van der Waals surface area contributed by atoms with E-state index in [1.165, 1.54) is 38.5 Å². The van der Waals surface area contributed by atoms with Crippen molar-refractivity contribution in [2.24, 2.45) is 0 Å². The average Bonchev–Trinajstić information content (AvgIpc) is 2.40. The third-order valence-corrected chi connectivity index (χ3v) is 3.62. The minimum atomic E-state index is 0.0863. The lowest BCUT2D eigenvalue weighted by molar-refractivity contribution is -0.0860. The van der Waals surface area contributed by atoms with E-state index in [0.717, 1.165) is 39.3 Å². The lowest BCUT2D eigenvalue weighted by Gasteiger charge is -2.37. The first-order chi connectivity index (χ1) is 8.83. The zero-order valence-electron chi connectivity index (χ0n) is 12.3. The molecule has 1 fully saturated rings.